The highest BCUT2D eigenvalue weighted by Crippen LogP contribution is 2.36. The molecule has 5 rings (SSSR count). The highest BCUT2D eigenvalue weighted by Gasteiger charge is 2.33. The number of halogens is 1. The van der Waals surface area contributed by atoms with Gasteiger partial charge in [-0.3, -0.25) is 19.5 Å². The zero-order chi connectivity index (χ0) is 30.1. The summed E-state index contributed by atoms with van der Waals surface area (Å²) in [7, 11) is 2.96. The van der Waals surface area contributed by atoms with Gasteiger partial charge in [-0.25, -0.2) is 9.79 Å². The number of esters is 1. The second-order valence-corrected chi connectivity index (χ2v) is 10.9. The van der Waals surface area contributed by atoms with Crippen molar-refractivity contribution in [3.05, 3.63) is 105 Å². The van der Waals surface area contributed by atoms with Crippen LogP contribution in [-0.2, 0) is 9.53 Å². The number of hydrogen-bond donors (Lipinski definition) is 0. The van der Waals surface area contributed by atoms with Gasteiger partial charge in [-0.15, -0.1) is 0 Å². The highest BCUT2D eigenvalue weighted by molar-refractivity contribution is 9.10. The van der Waals surface area contributed by atoms with Crippen molar-refractivity contribution in [2.45, 2.75) is 19.9 Å². The fourth-order valence-electron chi connectivity index (χ4n) is 4.66. The number of methoxy groups -OCH3 is 2. The SMILES string of the molecule is CCOC(=O)C1=C(C)N=c2s/c(=C\c3ccc(-c4ccc([N+](=O)[O-])cc4OC)o3)c(=O)n2[C@H]1c1ccc(OC)c(Br)c1. The van der Waals surface area contributed by atoms with Gasteiger partial charge in [-0.1, -0.05) is 17.4 Å². The third kappa shape index (κ3) is 5.28. The third-order valence-electron chi connectivity index (χ3n) is 6.57. The number of aromatic nitrogens is 1. The molecule has 3 heterocycles. The van der Waals surface area contributed by atoms with Gasteiger partial charge in [0.1, 0.15) is 23.0 Å². The van der Waals surface area contributed by atoms with Crippen molar-refractivity contribution in [2.75, 3.05) is 20.8 Å². The Labute approximate surface area is 251 Å². The Bertz CT molecular complexity index is 1940. The van der Waals surface area contributed by atoms with Gasteiger partial charge in [-0.2, -0.15) is 0 Å². The molecule has 11 nitrogen and oxygen atoms in total. The molecule has 2 aromatic carbocycles. The predicted octanol–water partition coefficient (Wildman–Crippen LogP) is 4.75. The van der Waals surface area contributed by atoms with Crippen molar-refractivity contribution in [3.8, 4) is 22.8 Å². The van der Waals surface area contributed by atoms with E-state index in [2.05, 4.69) is 20.9 Å². The van der Waals surface area contributed by atoms with Crippen LogP contribution in [0.15, 0.2) is 78.5 Å². The van der Waals surface area contributed by atoms with Crippen LogP contribution in [0.5, 0.6) is 11.5 Å². The van der Waals surface area contributed by atoms with Gasteiger partial charge in [0.2, 0.25) is 0 Å². The number of hydrogen-bond acceptors (Lipinski definition) is 10. The molecular weight excluding hydrogens is 630 g/mol. The fraction of sp³-hybridized carbons (Fsp3) is 0.207. The van der Waals surface area contributed by atoms with Gasteiger partial charge >= 0.3 is 5.97 Å². The molecule has 0 bridgehead atoms. The van der Waals surface area contributed by atoms with Crippen LogP contribution in [0.2, 0.25) is 0 Å². The minimum Gasteiger partial charge on any atom is -0.496 e. The van der Waals surface area contributed by atoms with E-state index in [1.807, 2.05) is 0 Å². The molecule has 13 heteroatoms. The molecule has 0 amide bonds. The van der Waals surface area contributed by atoms with Gasteiger partial charge in [0.25, 0.3) is 11.2 Å². The summed E-state index contributed by atoms with van der Waals surface area (Å²) in [5.74, 6) is 1.10. The first-order valence-corrected chi connectivity index (χ1v) is 14.2. The van der Waals surface area contributed by atoms with E-state index in [1.165, 1.54) is 23.8 Å². The number of non-ortho nitro benzene ring substituents is 1. The van der Waals surface area contributed by atoms with E-state index in [0.717, 1.165) is 11.3 Å². The molecule has 2 aromatic heterocycles. The van der Waals surface area contributed by atoms with Crippen LogP contribution in [0.1, 0.15) is 31.2 Å². The maximum atomic E-state index is 13.9. The maximum absolute atomic E-state index is 13.9. The second-order valence-electron chi connectivity index (χ2n) is 9.04. The summed E-state index contributed by atoms with van der Waals surface area (Å²) >= 11 is 4.66. The molecule has 0 fully saturated rings. The Kier molecular flexibility index (Phi) is 8.14. The average molecular weight is 654 g/mol. The molecule has 1 aliphatic heterocycles. The van der Waals surface area contributed by atoms with Gasteiger partial charge in [0.05, 0.1) is 63.7 Å². The Morgan fingerprint density at radius 3 is 2.60 bits per heavy atom. The minimum absolute atomic E-state index is 0.112. The normalized spacial score (nSPS) is 14.8. The second kappa shape index (κ2) is 11.8. The Balaban J connectivity index is 1.62. The van der Waals surface area contributed by atoms with Crippen molar-refractivity contribution in [1.29, 1.82) is 0 Å². The van der Waals surface area contributed by atoms with Crippen LogP contribution in [-0.4, -0.2) is 36.3 Å². The molecule has 216 valence electrons. The summed E-state index contributed by atoms with van der Waals surface area (Å²) in [4.78, 5) is 42.6. The van der Waals surface area contributed by atoms with Gasteiger partial charge in [0.15, 0.2) is 4.80 Å². The molecule has 0 N–H and O–H groups in total. The summed E-state index contributed by atoms with van der Waals surface area (Å²) in [6.07, 6.45) is 1.59. The number of ether oxygens (including phenoxy) is 3. The predicted molar refractivity (Wildman–Crippen MR) is 158 cm³/mol. The quantitative estimate of drug-likeness (QED) is 0.151. The molecule has 4 aromatic rings. The third-order valence-corrected chi connectivity index (χ3v) is 8.17. The number of benzene rings is 2. The van der Waals surface area contributed by atoms with Crippen LogP contribution in [0.25, 0.3) is 17.4 Å². The van der Waals surface area contributed by atoms with E-state index in [0.29, 0.717) is 47.9 Å². The number of carbonyl (C=O) groups is 1. The molecule has 1 atom stereocenters. The number of allylic oxidation sites excluding steroid dienone is 1. The van der Waals surface area contributed by atoms with Crippen LogP contribution < -0.4 is 24.4 Å². The van der Waals surface area contributed by atoms with Crippen molar-refractivity contribution in [1.82, 2.24) is 4.57 Å². The number of furan rings is 1. The Morgan fingerprint density at radius 1 is 1.17 bits per heavy atom. The lowest BCUT2D eigenvalue weighted by molar-refractivity contribution is -0.384. The summed E-state index contributed by atoms with van der Waals surface area (Å²) in [5.41, 5.74) is 1.42. The zero-order valence-electron chi connectivity index (χ0n) is 22.9. The molecular formula is C29H24BrN3O8S. The van der Waals surface area contributed by atoms with Crippen LogP contribution >= 0.6 is 27.3 Å². The molecule has 0 saturated carbocycles. The number of nitro groups is 1. The Morgan fingerprint density at radius 2 is 1.93 bits per heavy atom. The molecule has 1 aliphatic rings. The van der Waals surface area contributed by atoms with Crippen LogP contribution in [0.4, 0.5) is 5.69 Å². The fourth-order valence-corrected chi connectivity index (χ4v) is 6.25. The molecule has 0 unspecified atom stereocenters. The first-order chi connectivity index (χ1) is 20.2. The first kappa shape index (κ1) is 29.0. The van der Waals surface area contributed by atoms with Crippen molar-refractivity contribution in [3.63, 3.8) is 0 Å². The molecule has 0 aliphatic carbocycles. The van der Waals surface area contributed by atoms with E-state index in [9.17, 15) is 19.7 Å². The number of fused-ring (bicyclic) bond motifs is 1. The molecule has 0 saturated heterocycles. The first-order valence-electron chi connectivity index (χ1n) is 12.6. The lowest BCUT2D eigenvalue weighted by Crippen LogP contribution is -2.39. The topological polar surface area (TPSA) is 135 Å². The largest absolute Gasteiger partial charge is 0.496 e. The summed E-state index contributed by atoms with van der Waals surface area (Å²) in [6.45, 7) is 3.59. The maximum Gasteiger partial charge on any atom is 0.338 e. The van der Waals surface area contributed by atoms with E-state index in [1.54, 1.807) is 63.4 Å². The minimum atomic E-state index is -0.791. The number of carbonyl (C=O) groups excluding carboxylic acids is 1. The summed E-state index contributed by atoms with van der Waals surface area (Å²) in [5, 5.41) is 11.2. The van der Waals surface area contributed by atoms with Gasteiger partial charge in [0, 0.05) is 12.1 Å². The van der Waals surface area contributed by atoms with Crippen molar-refractivity contribution >= 4 is 45.0 Å². The standard InChI is InChI=1S/C29H24BrN3O8S/c1-5-40-28(35)25-15(2)31-29-32(26(25)16-6-10-22(38-3)20(30)12-16)27(34)24(42-29)14-18-8-11-21(41-18)19-9-7-17(33(36)37)13-23(19)39-4/h6-14,26H,5H2,1-4H3/b24-14-/t26-/m0/s1. The smallest absolute Gasteiger partial charge is 0.338 e. The average Bonchev–Trinajstić information content (AvgIpc) is 3.55. The monoisotopic (exact) mass is 653 g/mol. The van der Waals surface area contributed by atoms with E-state index >= 15 is 0 Å². The lowest BCUT2D eigenvalue weighted by atomic mass is 9.96. The Hall–Kier alpha value is -4.49. The van der Waals surface area contributed by atoms with Gasteiger partial charge in [-0.05, 0) is 65.7 Å². The molecule has 42 heavy (non-hydrogen) atoms. The van der Waals surface area contributed by atoms with E-state index in [-0.39, 0.29) is 29.2 Å². The lowest BCUT2D eigenvalue weighted by Gasteiger charge is -2.25. The summed E-state index contributed by atoms with van der Waals surface area (Å²) in [6, 6.07) is 12.1. The number of rotatable bonds is 8. The van der Waals surface area contributed by atoms with Crippen LogP contribution in [0.3, 0.4) is 0 Å². The van der Waals surface area contributed by atoms with Crippen molar-refractivity contribution < 1.29 is 28.3 Å². The summed E-state index contributed by atoms with van der Waals surface area (Å²) < 4.78 is 24.5. The number of thiazole rings is 1. The van der Waals surface area contributed by atoms with Crippen molar-refractivity contribution in [2.24, 2.45) is 4.99 Å². The zero-order valence-corrected chi connectivity index (χ0v) is 25.3. The molecule has 0 radical (unpaired) electrons. The highest BCUT2D eigenvalue weighted by atomic mass is 79.9. The molecule has 0 spiro atoms. The number of nitro benzene ring substituents is 1. The van der Waals surface area contributed by atoms with E-state index < -0.39 is 16.9 Å². The number of nitrogens with zero attached hydrogens (tertiary/aromatic N) is 3. The van der Waals surface area contributed by atoms with E-state index in [4.69, 9.17) is 18.6 Å². The van der Waals surface area contributed by atoms with Crippen LogP contribution in [0, 0.1) is 10.1 Å². The van der Waals surface area contributed by atoms with Gasteiger partial charge < -0.3 is 18.6 Å².